The molecule has 0 atom stereocenters. The molecular formula is C9H18KN. The number of rotatable bonds is 0. The summed E-state index contributed by atoms with van der Waals surface area (Å²) in [4.78, 5) is 0. The maximum absolute atomic E-state index is 4.75. The van der Waals surface area contributed by atoms with E-state index in [0.29, 0.717) is 0 Å². The molecule has 1 heterocycles. The van der Waals surface area contributed by atoms with Crippen LogP contribution in [0, 0.1) is 0 Å². The van der Waals surface area contributed by atoms with Gasteiger partial charge in [0, 0.05) is 0 Å². The molecule has 0 aromatic rings. The van der Waals surface area contributed by atoms with Crippen LogP contribution in [0.15, 0.2) is 0 Å². The zero-order valence-electron chi connectivity index (χ0n) is 8.57. The predicted molar refractivity (Wildman–Crippen MR) is 45.4 cm³/mol. The van der Waals surface area contributed by atoms with E-state index in [0.717, 1.165) is 0 Å². The summed E-state index contributed by atoms with van der Waals surface area (Å²) in [5, 5.41) is 4.75. The van der Waals surface area contributed by atoms with Crippen molar-refractivity contribution >= 4 is 0 Å². The molecule has 1 aliphatic rings. The Morgan fingerprint density at radius 3 is 1.45 bits per heavy atom. The maximum atomic E-state index is 4.75. The first-order chi connectivity index (χ1) is 4.41. The van der Waals surface area contributed by atoms with Crippen molar-refractivity contribution < 1.29 is 51.4 Å². The topological polar surface area (TPSA) is 14.1 Å². The van der Waals surface area contributed by atoms with Gasteiger partial charge in [0.1, 0.15) is 0 Å². The third-order valence-electron chi connectivity index (χ3n) is 2.18. The fourth-order valence-electron chi connectivity index (χ4n) is 1.88. The van der Waals surface area contributed by atoms with E-state index in [9.17, 15) is 0 Å². The second-order valence-electron chi connectivity index (χ2n) is 4.59. The molecule has 0 unspecified atom stereocenters. The SMILES string of the molecule is CC1(C)CCCC(C)(C)[N-]1.[K+]. The van der Waals surface area contributed by atoms with E-state index in [1.807, 2.05) is 0 Å². The molecule has 11 heavy (non-hydrogen) atoms. The molecule has 0 radical (unpaired) electrons. The fraction of sp³-hybridized carbons (Fsp3) is 1.00. The van der Waals surface area contributed by atoms with Gasteiger partial charge in [-0.15, -0.1) is 11.1 Å². The van der Waals surface area contributed by atoms with Crippen molar-refractivity contribution in [1.82, 2.24) is 0 Å². The minimum atomic E-state index is 0. The third-order valence-corrected chi connectivity index (χ3v) is 2.18. The average Bonchev–Trinajstić information content (AvgIpc) is 1.56. The van der Waals surface area contributed by atoms with Gasteiger partial charge in [-0.1, -0.05) is 47.0 Å². The van der Waals surface area contributed by atoms with Crippen molar-refractivity contribution in [2.75, 3.05) is 0 Å². The van der Waals surface area contributed by atoms with Gasteiger partial charge in [0.2, 0.25) is 0 Å². The average molecular weight is 179 g/mol. The van der Waals surface area contributed by atoms with Crippen LogP contribution in [0.3, 0.4) is 0 Å². The van der Waals surface area contributed by atoms with Gasteiger partial charge in [-0.3, -0.25) is 0 Å². The second-order valence-corrected chi connectivity index (χ2v) is 4.59. The first-order valence-corrected chi connectivity index (χ1v) is 4.15. The molecule has 60 valence electrons. The first-order valence-electron chi connectivity index (χ1n) is 4.15. The smallest absolute Gasteiger partial charge is 0.652 e. The van der Waals surface area contributed by atoms with Crippen LogP contribution in [0.25, 0.3) is 5.32 Å². The molecule has 1 nitrogen and oxygen atoms in total. The van der Waals surface area contributed by atoms with Gasteiger partial charge in [0.25, 0.3) is 0 Å². The van der Waals surface area contributed by atoms with E-state index >= 15 is 0 Å². The Bertz CT molecular complexity index is 116. The summed E-state index contributed by atoms with van der Waals surface area (Å²) >= 11 is 0. The molecule has 1 rings (SSSR count). The van der Waals surface area contributed by atoms with Crippen LogP contribution in [-0.4, -0.2) is 11.1 Å². The van der Waals surface area contributed by atoms with Crippen molar-refractivity contribution in [3.8, 4) is 0 Å². The zero-order valence-corrected chi connectivity index (χ0v) is 11.7. The van der Waals surface area contributed by atoms with Gasteiger partial charge in [-0.05, 0) is 0 Å². The van der Waals surface area contributed by atoms with E-state index in [2.05, 4.69) is 27.7 Å². The Balaban J connectivity index is 0.000001000. The van der Waals surface area contributed by atoms with Crippen LogP contribution in [0.2, 0.25) is 0 Å². The van der Waals surface area contributed by atoms with Crippen molar-refractivity contribution in [2.24, 2.45) is 0 Å². The molecule has 0 saturated carbocycles. The Morgan fingerprint density at radius 1 is 0.909 bits per heavy atom. The van der Waals surface area contributed by atoms with Crippen LogP contribution < -0.4 is 51.4 Å². The van der Waals surface area contributed by atoms with Gasteiger partial charge in [0.15, 0.2) is 0 Å². The molecule has 2 heteroatoms. The van der Waals surface area contributed by atoms with Crippen LogP contribution >= 0.6 is 0 Å². The zero-order chi connectivity index (χ0) is 7.83. The fourth-order valence-corrected chi connectivity index (χ4v) is 1.88. The van der Waals surface area contributed by atoms with Crippen LogP contribution in [0.4, 0.5) is 0 Å². The Labute approximate surface area is 113 Å². The summed E-state index contributed by atoms with van der Waals surface area (Å²) in [6, 6.07) is 0. The van der Waals surface area contributed by atoms with Gasteiger partial charge >= 0.3 is 51.4 Å². The number of nitrogens with zero attached hydrogens (tertiary/aromatic N) is 1. The summed E-state index contributed by atoms with van der Waals surface area (Å²) in [5.41, 5.74) is 0.476. The van der Waals surface area contributed by atoms with E-state index < -0.39 is 0 Å². The molecule has 1 fully saturated rings. The third kappa shape index (κ3) is 4.39. The summed E-state index contributed by atoms with van der Waals surface area (Å²) in [7, 11) is 0. The van der Waals surface area contributed by atoms with Crippen LogP contribution in [0.5, 0.6) is 0 Å². The number of piperidine rings is 1. The molecule has 1 aliphatic heterocycles. The van der Waals surface area contributed by atoms with Gasteiger partial charge in [-0.2, -0.15) is 0 Å². The van der Waals surface area contributed by atoms with Crippen molar-refractivity contribution in [2.45, 2.75) is 58.0 Å². The summed E-state index contributed by atoms with van der Waals surface area (Å²) in [6.07, 6.45) is 3.86. The summed E-state index contributed by atoms with van der Waals surface area (Å²) in [5.74, 6) is 0. The predicted octanol–water partition coefficient (Wildman–Crippen LogP) is 0.105. The molecule has 0 bridgehead atoms. The van der Waals surface area contributed by atoms with Crippen LogP contribution in [0.1, 0.15) is 47.0 Å². The van der Waals surface area contributed by atoms with E-state index in [1.54, 1.807) is 0 Å². The Hall–Kier alpha value is 1.60. The molecule has 0 aromatic heterocycles. The maximum Gasteiger partial charge on any atom is 1.00 e. The summed E-state index contributed by atoms with van der Waals surface area (Å²) in [6.45, 7) is 8.92. The quantitative estimate of drug-likeness (QED) is 0.469. The Morgan fingerprint density at radius 2 is 1.27 bits per heavy atom. The number of hydrogen-bond acceptors (Lipinski definition) is 0. The van der Waals surface area contributed by atoms with Gasteiger partial charge < -0.3 is 5.32 Å². The summed E-state index contributed by atoms with van der Waals surface area (Å²) < 4.78 is 0. The van der Waals surface area contributed by atoms with Crippen molar-refractivity contribution in [3.05, 3.63) is 5.32 Å². The normalized spacial score (nSPS) is 27.3. The van der Waals surface area contributed by atoms with Gasteiger partial charge in [-0.25, -0.2) is 0 Å². The van der Waals surface area contributed by atoms with E-state index in [-0.39, 0.29) is 62.5 Å². The number of hydrogen-bond donors (Lipinski definition) is 0. The molecule has 0 aliphatic carbocycles. The minimum Gasteiger partial charge on any atom is -0.652 e. The minimum absolute atomic E-state index is 0. The monoisotopic (exact) mass is 179 g/mol. The van der Waals surface area contributed by atoms with E-state index in [4.69, 9.17) is 5.32 Å². The van der Waals surface area contributed by atoms with Crippen LogP contribution in [-0.2, 0) is 0 Å². The first kappa shape index (κ1) is 12.6. The molecule has 0 spiro atoms. The molecule has 0 amide bonds. The second kappa shape index (κ2) is 4.21. The molecule has 0 N–H and O–H groups in total. The standard InChI is InChI=1S/C9H18N.K/c1-8(2)6-5-7-9(3,4)10-8;/h5-7H2,1-4H3;/q-1;+1. The molecule has 1 saturated heterocycles. The molecular weight excluding hydrogens is 161 g/mol. The van der Waals surface area contributed by atoms with Crippen molar-refractivity contribution in [1.29, 1.82) is 0 Å². The Kier molecular flexibility index (Phi) is 4.82. The van der Waals surface area contributed by atoms with Gasteiger partial charge in [0.05, 0.1) is 0 Å². The molecule has 0 aromatic carbocycles. The van der Waals surface area contributed by atoms with E-state index in [1.165, 1.54) is 19.3 Å². The van der Waals surface area contributed by atoms with Crippen molar-refractivity contribution in [3.63, 3.8) is 0 Å². The largest absolute Gasteiger partial charge is 1.00 e.